The zero-order chi connectivity index (χ0) is 19.6. The molecule has 0 atom stereocenters. The van der Waals surface area contributed by atoms with Crippen LogP contribution in [-0.4, -0.2) is 21.0 Å². The van der Waals surface area contributed by atoms with Gasteiger partial charge in [-0.1, -0.05) is 23.7 Å². The monoisotopic (exact) mass is 401 g/mol. The first-order valence-electron chi connectivity index (χ1n) is 8.47. The number of nitrogens with zero attached hydrogens (tertiary/aromatic N) is 2. The minimum absolute atomic E-state index is 0.120. The molecule has 0 unspecified atom stereocenters. The fourth-order valence-electron chi connectivity index (χ4n) is 2.83. The van der Waals surface area contributed by atoms with Crippen LogP contribution in [0, 0.1) is 20.8 Å². The first-order valence-corrected chi connectivity index (χ1v) is 10.00. The first kappa shape index (κ1) is 19.5. The number of rotatable bonds is 5. The van der Waals surface area contributed by atoms with E-state index in [0.717, 1.165) is 16.7 Å². The van der Waals surface area contributed by atoms with Crippen molar-refractivity contribution >= 4 is 40.6 Å². The van der Waals surface area contributed by atoms with Gasteiger partial charge in [0.05, 0.1) is 22.2 Å². The van der Waals surface area contributed by atoms with Crippen molar-refractivity contribution in [2.45, 2.75) is 26.5 Å². The van der Waals surface area contributed by atoms with Crippen LogP contribution in [0.3, 0.4) is 0 Å². The van der Waals surface area contributed by atoms with Crippen molar-refractivity contribution in [2.75, 3.05) is 11.1 Å². The van der Waals surface area contributed by atoms with Crippen molar-refractivity contribution < 1.29 is 4.79 Å². The molecule has 0 saturated carbocycles. The maximum absolute atomic E-state index is 12.2. The number of thioether (sulfide) groups is 1. The number of fused-ring (bicyclic) bond motifs is 1. The van der Waals surface area contributed by atoms with E-state index in [0.29, 0.717) is 27.8 Å². The normalized spacial score (nSPS) is 11.0. The Hall–Kier alpha value is -2.31. The van der Waals surface area contributed by atoms with Crippen LogP contribution in [0.5, 0.6) is 0 Å². The number of benzene rings is 1. The summed E-state index contributed by atoms with van der Waals surface area (Å²) >= 11 is 7.63. The van der Waals surface area contributed by atoms with E-state index in [1.807, 2.05) is 45.0 Å². The maximum atomic E-state index is 12.2. The molecule has 1 aromatic carbocycles. The van der Waals surface area contributed by atoms with Crippen molar-refractivity contribution in [3.05, 3.63) is 74.3 Å². The zero-order valence-corrected chi connectivity index (χ0v) is 16.9. The lowest BCUT2D eigenvalue weighted by molar-refractivity contribution is -0.113. The van der Waals surface area contributed by atoms with E-state index in [4.69, 9.17) is 11.6 Å². The summed E-state index contributed by atoms with van der Waals surface area (Å²) in [5.41, 5.74) is 4.76. The fourth-order valence-corrected chi connectivity index (χ4v) is 3.92. The number of nitrogens with one attached hydrogen (secondary N) is 1. The van der Waals surface area contributed by atoms with Crippen LogP contribution in [0.1, 0.15) is 22.4 Å². The lowest BCUT2D eigenvalue weighted by Crippen LogP contribution is -2.17. The highest BCUT2D eigenvalue weighted by Crippen LogP contribution is 2.27. The van der Waals surface area contributed by atoms with E-state index in [1.165, 1.54) is 22.2 Å². The third-order valence-electron chi connectivity index (χ3n) is 4.04. The zero-order valence-electron chi connectivity index (χ0n) is 15.4. The smallest absolute Gasteiger partial charge is 0.258 e. The molecule has 0 aliphatic heterocycles. The number of carbonyl (C=O) groups excluding carboxylic acids is 1. The number of hydrogen-bond acceptors (Lipinski definition) is 4. The lowest BCUT2D eigenvalue weighted by atomic mass is 10.1. The van der Waals surface area contributed by atoms with Crippen LogP contribution in [0.25, 0.3) is 5.65 Å². The number of carbonyl (C=O) groups is 1. The predicted octanol–water partition coefficient (Wildman–Crippen LogP) is 4.15. The molecule has 3 aromatic rings. The molecule has 27 heavy (non-hydrogen) atoms. The summed E-state index contributed by atoms with van der Waals surface area (Å²) in [5, 5.41) is 3.39. The Morgan fingerprint density at radius 1 is 1.19 bits per heavy atom. The lowest BCUT2D eigenvalue weighted by Gasteiger charge is -2.11. The molecule has 1 amide bonds. The third-order valence-corrected chi connectivity index (χ3v) is 5.30. The van der Waals surface area contributed by atoms with Gasteiger partial charge in [0.1, 0.15) is 5.65 Å². The molecule has 3 rings (SSSR count). The van der Waals surface area contributed by atoms with Gasteiger partial charge in [0.2, 0.25) is 5.91 Å². The Bertz CT molecular complexity index is 1060. The third kappa shape index (κ3) is 4.70. The van der Waals surface area contributed by atoms with Crippen LogP contribution in [-0.2, 0) is 10.5 Å². The van der Waals surface area contributed by atoms with Gasteiger partial charge in [-0.2, -0.15) is 0 Å². The highest BCUT2D eigenvalue weighted by atomic mass is 35.5. The van der Waals surface area contributed by atoms with E-state index in [-0.39, 0.29) is 17.2 Å². The predicted molar refractivity (Wildman–Crippen MR) is 112 cm³/mol. The van der Waals surface area contributed by atoms with Crippen molar-refractivity contribution in [3.63, 3.8) is 0 Å². The second kappa shape index (κ2) is 8.15. The van der Waals surface area contributed by atoms with E-state index >= 15 is 0 Å². The van der Waals surface area contributed by atoms with Gasteiger partial charge in [0, 0.05) is 18.0 Å². The molecule has 1 N–H and O–H groups in total. The van der Waals surface area contributed by atoms with Crippen molar-refractivity contribution in [2.24, 2.45) is 0 Å². The Kier molecular flexibility index (Phi) is 5.87. The molecule has 7 heteroatoms. The van der Waals surface area contributed by atoms with Gasteiger partial charge >= 0.3 is 0 Å². The molecule has 2 aromatic heterocycles. The van der Waals surface area contributed by atoms with E-state index in [2.05, 4.69) is 10.3 Å². The highest BCUT2D eigenvalue weighted by molar-refractivity contribution is 7.99. The minimum atomic E-state index is -0.137. The summed E-state index contributed by atoms with van der Waals surface area (Å²) in [5.74, 6) is 0.591. The van der Waals surface area contributed by atoms with Crippen LogP contribution in [0.2, 0.25) is 5.02 Å². The number of aromatic nitrogens is 2. The average molecular weight is 402 g/mol. The standard InChI is InChI=1S/C20H20ClN3O2S/c1-12-4-5-17-22-15(8-19(26)24(17)9-12)10-27-11-18(25)23-20-14(3)6-13(2)7-16(20)21/h4-9H,10-11H2,1-3H3,(H,23,25). The van der Waals surface area contributed by atoms with Crippen LogP contribution < -0.4 is 10.9 Å². The average Bonchev–Trinajstić information content (AvgIpc) is 2.59. The summed E-state index contributed by atoms with van der Waals surface area (Å²) in [6, 6.07) is 9.05. The molecule has 0 fully saturated rings. The van der Waals surface area contributed by atoms with Gasteiger partial charge in [-0.15, -0.1) is 11.8 Å². The van der Waals surface area contributed by atoms with Crippen LogP contribution >= 0.6 is 23.4 Å². The molecule has 0 aliphatic rings. The molecule has 140 valence electrons. The molecule has 0 spiro atoms. The largest absolute Gasteiger partial charge is 0.324 e. The van der Waals surface area contributed by atoms with Crippen molar-refractivity contribution in [3.8, 4) is 0 Å². The van der Waals surface area contributed by atoms with Crippen LogP contribution in [0.15, 0.2) is 41.3 Å². The van der Waals surface area contributed by atoms with Gasteiger partial charge in [-0.25, -0.2) is 4.98 Å². The summed E-state index contributed by atoms with van der Waals surface area (Å²) in [7, 11) is 0. The highest BCUT2D eigenvalue weighted by Gasteiger charge is 2.10. The summed E-state index contributed by atoms with van der Waals surface area (Å²) in [6.45, 7) is 5.80. The second-order valence-corrected chi connectivity index (χ2v) is 7.89. The number of pyridine rings is 1. The molecule has 5 nitrogen and oxygen atoms in total. The SMILES string of the molecule is Cc1cc(C)c(NC(=O)CSCc2cc(=O)n3cc(C)ccc3n2)c(Cl)c1. The Morgan fingerprint density at radius 2 is 1.96 bits per heavy atom. The van der Waals surface area contributed by atoms with Gasteiger partial charge in [0.25, 0.3) is 5.56 Å². The van der Waals surface area contributed by atoms with E-state index in [1.54, 1.807) is 6.20 Å². The number of halogens is 1. The summed E-state index contributed by atoms with van der Waals surface area (Å²) < 4.78 is 1.53. The number of amides is 1. The van der Waals surface area contributed by atoms with E-state index in [9.17, 15) is 9.59 Å². The van der Waals surface area contributed by atoms with Gasteiger partial charge < -0.3 is 5.32 Å². The topological polar surface area (TPSA) is 63.5 Å². The molecule has 0 radical (unpaired) electrons. The first-order chi connectivity index (χ1) is 12.8. The quantitative estimate of drug-likeness (QED) is 0.697. The number of hydrogen-bond donors (Lipinski definition) is 1. The molecule has 0 saturated heterocycles. The number of anilines is 1. The molecule has 0 bridgehead atoms. The molecular weight excluding hydrogens is 382 g/mol. The summed E-state index contributed by atoms with van der Waals surface area (Å²) in [4.78, 5) is 28.9. The Balaban J connectivity index is 1.63. The number of aryl methyl sites for hydroxylation is 3. The molecular formula is C20H20ClN3O2S. The van der Waals surface area contributed by atoms with Gasteiger partial charge in [-0.3, -0.25) is 14.0 Å². The van der Waals surface area contributed by atoms with Gasteiger partial charge in [0.15, 0.2) is 0 Å². The minimum Gasteiger partial charge on any atom is -0.324 e. The van der Waals surface area contributed by atoms with E-state index < -0.39 is 0 Å². The Morgan fingerprint density at radius 3 is 2.70 bits per heavy atom. The molecule has 2 heterocycles. The maximum Gasteiger partial charge on any atom is 0.258 e. The fraction of sp³-hybridized carbons (Fsp3) is 0.250. The van der Waals surface area contributed by atoms with Crippen molar-refractivity contribution in [1.82, 2.24) is 9.38 Å². The molecule has 0 aliphatic carbocycles. The Labute approximate surface area is 166 Å². The van der Waals surface area contributed by atoms with Crippen molar-refractivity contribution in [1.29, 1.82) is 0 Å². The van der Waals surface area contributed by atoms with Gasteiger partial charge in [-0.05, 0) is 49.6 Å². The summed E-state index contributed by atoms with van der Waals surface area (Å²) in [6.07, 6.45) is 1.77. The second-order valence-electron chi connectivity index (χ2n) is 6.50. The van der Waals surface area contributed by atoms with Crippen LogP contribution in [0.4, 0.5) is 5.69 Å².